The molecule has 4 N–H and O–H groups in total. The van der Waals surface area contributed by atoms with Crippen LogP contribution in [0.4, 0.5) is 5.69 Å². The molecule has 0 radical (unpaired) electrons. The molecule has 5 nitrogen and oxygen atoms in total. The molecule has 15 heavy (non-hydrogen) atoms. The number of carboxylic acid groups (broad SMARTS) is 1. The van der Waals surface area contributed by atoms with Crippen molar-refractivity contribution in [2.24, 2.45) is 5.73 Å². The number of nitrogens with one attached hydrogen (secondary N) is 1. The van der Waals surface area contributed by atoms with Crippen LogP contribution in [0.2, 0.25) is 0 Å². The maximum Gasteiger partial charge on any atom is 0.325 e. The molecule has 0 aliphatic rings. The van der Waals surface area contributed by atoms with Gasteiger partial charge in [-0.05, 0) is 31.2 Å². The van der Waals surface area contributed by atoms with Gasteiger partial charge >= 0.3 is 5.97 Å². The Labute approximate surface area is 86.9 Å². The molecule has 1 rings (SSSR count). The van der Waals surface area contributed by atoms with E-state index in [-0.39, 0.29) is 0 Å². The second kappa shape index (κ2) is 4.45. The van der Waals surface area contributed by atoms with Gasteiger partial charge in [0.2, 0.25) is 5.91 Å². The fourth-order valence-corrected chi connectivity index (χ4v) is 1.04. The lowest BCUT2D eigenvalue weighted by Crippen LogP contribution is -2.25. The number of aliphatic carboxylic acids is 1. The van der Waals surface area contributed by atoms with E-state index in [1.165, 1.54) is 6.92 Å². The van der Waals surface area contributed by atoms with Crippen molar-refractivity contribution in [3.8, 4) is 0 Å². The molecule has 0 fully saturated rings. The number of rotatable bonds is 4. The first-order valence-corrected chi connectivity index (χ1v) is 4.40. The number of hydrogen-bond acceptors (Lipinski definition) is 3. The summed E-state index contributed by atoms with van der Waals surface area (Å²) in [6.07, 6.45) is 0. The molecule has 0 aromatic heterocycles. The molecule has 0 unspecified atom stereocenters. The SMILES string of the molecule is C[C@H](Nc1ccc(C(N)=O)cc1)C(=O)O. The van der Waals surface area contributed by atoms with Gasteiger partial charge < -0.3 is 16.2 Å². The summed E-state index contributed by atoms with van der Waals surface area (Å²) in [5.41, 5.74) is 6.09. The zero-order chi connectivity index (χ0) is 11.4. The second-order valence-electron chi connectivity index (χ2n) is 3.15. The molecule has 1 aromatic carbocycles. The third-order valence-corrected chi connectivity index (χ3v) is 1.92. The topological polar surface area (TPSA) is 92.4 Å². The first-order valence-electron chi connectivity index (χ1n) is 4.40. The molecule has 80 valence electrons. The highest BCUT2D eigenvalue weighted by molar-refractivity contribution is 5.93. The maximum absolute atomic E-state index is 10.8. The lowest BCUT2D eigenvalue weighted by Gasteiger charge is -2.10. The predicted molar refractivity (Wildman–Crippen MR) is 55.7 cm³/mol. The van der Waals surface area contributed by atoms with Crippen molar-refractivity contribution in [1.29, 1.82) is 0 Å². The molecule has 5 heteroatoms. The van der Waals surface area contributed by atoms with Crippen LogP contribution in [0, 0.1) is 0 Å². The standard InChI is InChI=1S/C10H12N2O3/c1-6(10(14)15)12-8-4-2-7(3-5-8)9(11)13/h2-6,12H,1H3,(H2,11,13)(H,14,15)/t6-/m0/s1. The third kappa shape index (κ3) is 2.98. The van der Waals surface area contributed by atoms with Crippen molar-refractivity contribution in [3.05, 3.63) is 29.8 Å². The Bertz CT molecular complexity index is 373. The van der Waals surface area contributed by atoms with Gasteiger partial charge in [-0.2, -0.15) is 0 Å². The van der Waals surface area contributed by atoms with Gasteiger partial charge in [0.15, 0.2) is 0 Å². The summed E-state index contributed by atoms with van der Waals surface area (Å²) in [5.74, 6) is -1.44. The van der Waals surface area contributed by atoms with Crippen LogP contribution in [0.15, 0.2) is 24.3 Å². The van der Waals surface area contributed by atoms with E-state index >= 15 is 0 Å². The van der Waals surface area contributed by atoms with Crippen LogP contribution in [-0.4, -0.2) is 23.0 Å². The quantitative estimate of drug-likeness (QED) is 0.678. The Morgan fingerprint density at radius 3 is 2.27 bits per heavy atom. The van der Waals surface area contributed by atoms with Crippen LogP contribution >= 0.6 is 0 Å². The maximum atomic E-state index is 10.8. The van der Waals surface area contributed by atoms with Crippen LogP contribution in [-0.2, 0) is 4.79 Å². The highest BCUT2D eigenvalue weighted by atomic mass is 16.4. The second-order valence-corrected chi connectivity index (χ2v) is 3.15. The van der Waals surface area contributed by atoms with Gasteiger partial charge in [-0.25, -0.2) is 0 Å². The summed E-state index contributed by atoms with van der Waals surface area (Å²) >= 11 is 0. The first-order chi connectivity index (χ1) is 7.00. The minimum Gasteiger partial charge on any atom is -0.480 e. The van der Waals surface area contributed by atoms with Crippen LogP contribution in [0.5, 0.6) is 0 Å². The van der Waals surface area contributed by atoms with Crippen LogP contribution in [0.1, 0.15) is 17.3 Å². The van der Waals surface area contributed by atoms with Gasteiger partial charge in [0, 0.05) is 11.3 Å². The molecule has 1 amide bonds. The molecule has 0 saturated heterocycles. The number of carbonyl (C=O) groups excluding carboxylic acids is 1. The Morgan fingerprint density at radius 1 is 1.33 bits per heavy atom. The highest BCUT2D eigenvalue weighted by Gasteiger charge is 2.09. The fraction of sp³-hybridized carbons (Fsp3) is 0.200. The fourth-order valence-electron chi connectivity index (χ4n) is 1.04. The molecule has 0 spiro atoms. The Morgan fingerprint density at radius 2 is 1.87 bits per heavy atom. The van der Waals surface area contributed by atoms with E-state index in [0.29, 0.717) is 11.3 Å². The van der Waals surface area contributed by atoms with E-state index in [1.54, 1.807) is 24.3 Å². The molecular formula is C10H12N2O3. The van der Waals surface area contributed by atoms with Gasteiger partial charge in [-0.15, -0.1) is 0 Å². The molecule has 0 bridgehead atoms. The number of amides is 1. The van der Waals surface area contributed by atoms with Crippen LogP contribution in [0.3, 0.4) is 0 Å². The number of primary amides is 1. The number of nitrogens with two attached hydrogens (primary N) is 1. The van der Waals surface area contributed by atoms with Crippen molar-refractivity contribution in [1.82, 2.24) is 0 Å². The zero-order valence-electron chi connectivity index (χ0n) is 8.23. The van der Waals surface area contributed by atoms with E-state index in [4.69, 9.17) is 10.8 Å². The van der Waals surface area contributed by atoms with Gasteiger partial charge in [0.05, 0.1) is 0 Å². The van der Waals surface area contributed by atoms with Crippen LogP contribution in [0.25, 0.3) is 0 Å². The predicted octanol–water partition coefficient (Wildman–Crippen LogP) is 0.670. The molecular weight excluding hydrogens is 196 g/mol. The van der Waals surface area contributed by atoms with Crippen molar-refractivity contribution in [3.63, 3.8) is 0 Å². The average molecular weight is 208 g/mol. The third-order valence-electron chi connectivity index (χ3n) is 1.92. The van der Waals surface area contributed by atoms with E-state index in [9.17, 15) is 9.59 Å². The normalized spacial score (nSPS) is 11.8. The molecule has 0 aliphatic carbocycles. The van der Waals surface area contributed by atoms with E-state index in [1.807, 2.05) is 0 Å². The minimum absolute atomic E-state index is 0.392. The van der Waals surface area contributed by atoms with Crippen molar-refractivity contribution >= 4 is 17.6 Å². The van der Waals surface area contributed by atoms with Gasteiger partial charge in [-0.3, -0.25) is 9.59 Å². The molecule has 1 aromatic rings. The number of anilines is 1. The largest absolute Gasteiger partial charge is 0.480 e. The average Bonchev–Trinajstić information content (AvgIpc) is 2.18. The minimum atomic E-state index is -0.936. The molecule has 0 heterocycles. The number of benzene rings is 1. The number of carbonyl (C=O) groups is 2. The summed E-state index contributed by atoms with van der Waals surface area (Å²) in [6.45, 7) is 1.53. The Hall–Kier alpha value is -2.04. The Balaban J connectivity index is 2.72. The lowest BCUT2D eigenvalue weighted by atomic mass is 10.2. The van der Waals surface area contributed by atoms with Gasteiger partial charge in [-0.1, -0.05) is 0 Å². The monoisotopic (exact) mass is 208 g/mol. The lowest BCUT2D eigenvalue weighted by molar-refractivity contribution is -0.137. The van der Waals surface area contributed by atoms with E-state index in [2.05, 4.69) is 5.32 Å². The zero-order valence-corrected chi connectivity index (χ0v) is 8.23. The van der Waals surface area contributed by atoms with Crippen molar-refractivity contribution < 1.29 is 14.7 Å². The van der Waals surface area contributed by atoms with Gasteiger partial charge in [0.1, 0.15) is 6.04 Å². The summed E-state index contributed by atoms with van der Waals surface area (Å²) in [4.78, 5) is 21.3. The molecule has 0 aliphatic heterocycles. The van der Waals surface area contributed by atoms with E-state index in [0.717, 1.165) is 0 Å². The molecule has 1 atom stereocenters. The van der Waals surface area contributed by atoms with Crippen LogP contribution < -0.4 is 11.1 Å². The Kier molecular flexibility index (Phi) is 3.28. The molecule has 0 saturated carbocycles. The first kappa shape index (κ1) is 11.0. The number of carboxylic acids is 1. The summed E-state index contributed by atoms with van der Waals surface area (Å²) in [6, 6.07) is 5.63. The number of hydrogen-bond donors (Lipinski definition) is 3. The summed E-state index contributed by atoms with van der Waals surface area (Å²) < 4.78 is 0. The van der Waals surface area contributed by atoms with E-state index < -0.39 is 17.9 Å². The smallest absolute Gasteiger partial charge is 0.325 e. The highest BCUT2D eigenvalue weighted by Crippen LogP contribution is 2.10. The van der Waals surface area contributed by atoms with Gasteiger partial charge in [0.25, 0.3) is 0 Å². The summed E-state index contributed by atoms with van der Waals surface area (Å²) in [7, 11) is 0. The van der Waals surface area contributed by atoms with Crippen molar-refractivity contribution in [2.45, 2.75) is 13.0 Å². The summed E-state index contributed by atoms with van der Waals surface area (Å²) in [5, 5.41) is 11.4. The van der Waals surface area contributed by atoms with Crippen molar-refractivity contribution in [2.75, 3.05) is 5.32 Å².